The van der Waals surface area contributed by atoms with Crippen LogP contribution < -0.4 is 0 Å². The highest BCUT2D eigenvalue weighted by Crippen LogP contribution is 2.31. The van der Waals surface area contributed by atoms with Crippen molar-refractivity contribution in [2.24, 2.45) is 5.92 Å². The zero-order chi connectivity index (χ0) is 21.7. The number of nitrogens with one attached hydrogen (secondary N) is 1. The molecule has 3 rings (SSSR count). The summed E-state index contributed by atoms with van der Waals surface area (Å²) in [5, 5.41) is 17.4. The van der Waals surface area contributed by atoms with Crippen molar-refractivity contribution in [1.82, 2.24) is 15.2 Å². The molecule has 0 saturated heterocycles. The van der Waals surface area contributed by atoms with Crippen molar-refractivity contribution in [3.63, 3.8) is 0 Å². The van der Waals surface area contributed by atoms with Gasteiger partial charge in [-0.2, -0.15) is 18.3 Å². The summed E-state index contributed by atoms with van der Waals surface area (Å²) >= 11 is 3.31. The largest absolute Gasteiger partial charge is 0.461 e. The molecule has 0 bridgehead atoms. The summed E-state index contributed by atoms with van der Waals surface area (Å²) in [7, 11) is 0. The van der Waals surface area contributed by atoms with E-state index in [0.717, 1.165) is 12.1 Å². The van der Waals surface area contributed by atoms with E-state index in [1.54, 1.807) is 12.1 Å². The maximum absolute atomic E-state index is 12.9. The number of aromatic amines is 1. The molecule has 158 valence electrons. The topological polar surface area (TPSA) is 88.1 Å². The molecule has 0 aliphatic heterocycles. The quantitative estimate of drug-likeness (QED) is 0.491. The van der Waals surface area contributed by atoms with Crippen LogP contribution in [0.4, 0.5) is 13.2 Å². The third-order valence-corrected chi connectivity index (χ3v) is 5.12. The predicted octanol–water partition coefficient (Wildman–Crippen LogP) is 4.22. The SMILES string of the molecule is O=C(OCc1cccc(C(F)(F)F)c1)C(Cc1[nH]ncc1Br)C(O)c1cccnc1. The van der Waals surface area contributed by atoms with E-state index >= 15 is 0 Å². The summed E-state index contributed by atoms with van der Waals surface area (Å²) in [6.45, 7) is -0.358. The van der Waals surface area contributed by atoms with Crippen LogP contribution in [0.3, 0.4) is 0 Å². The number of hydrogen-bond donors (Lipinski definition) is 2. The molecule has 0 aliphatic rings. The Kier molecular flexibility index (Phi) is 6.88. The molecule has 2 N–H and O–H groups in total. The van der Waals surface area contributed by atoms with Gasteiger partial charge in [0.15, 0.2) is 0 Å². The zero-order valence-electron chi connectivity index (χ0n) is 15.4. The van der Waals surface area contributed by atoms with Crippen LogP contribution in [0.15, 0.2) is 59.5 Å². The Morgan fingerprint density at radius 3 is 2.67 bits per heavy atom. The Morgan fingerprint density at radius 2 is 2.03 bits per heavy atom. The van der Waals surface area contributed by atoms with Crippen molar-refractivity contribution >= 4 is 21.9 Å². The van der Waals surface area contributed by atoms with Crippen LogP contribution in [-0.4, -0.2) is 26.3 Å². The number of H-pyrrole nitrogens is 1. The second kappa shape index (κ2) is 9.40. The van der Waals surface area contributed by atoms with Crippen molar-refractivity contribution in [3.8, 4) is 0 Å². The van der Waals surface area contributed by atoms with Crippen LogP contribution in [-0.2, 0) is 28.7 Å². The molecule has 2 unspecified atom stereocenters. The van der Waals surface area contributed by atoms with Gasteiger partial charge in [-0.15, -0.1) is 0 Å². The Balaban J connectivity index is 1.77. The van der Waals surface area contributed by atoms with Crippen LogP contribution in [0.25, 0.3) is 0 Å². The lowest BCUT2D eigenvalue weighted by molar-refractivity contribution is -0.154. The van der Waals surface area contributed by atoms with E-state index in [2.05, 4.69) is 31.1 Å². The molecule has 0 saturated carbocycles. The van der Waals surface area contributed by atoms with Crippen LogP contribution in [0.5, 0.6) is 0 Å². The highest BCUT2D eigenvalue weighted by Gasteiger charge is 2.32. The Morgan fingerprint density at radius 1 is 1.23 bits per heavy atom. The average molecular weight is 484 g/mol. The maximum Gasteiger partial charge on any atom is 0.416 e. The van der Waals surface area contributed by atoms with Gasteiger partial charge in [-0.3, -0.25) is 14.9 Å². The van der Waals surface area contributed by atoms with Gasteiger partial charge in [0.25, 0.3) is 0 Å². The van der Waals surface area contributed by atoms with E-state index in [-0.39, 0.29) is 18.6 Å². The molecule has 0 fully saturated rings. The number of carbonyl (C=O) groups excluding carboxylic acids is 1. The normalized spacial score (nSPS) is 13.6. The standard InChI is InChI=1S/C20H17BrF3N3O3/c21-16-10-26-27-17(16)8-15(18(28)13-4-2-6-25-9-13)19(29)30-11-12-3-1-5-14(7-12)20(22,23)24/h1-7,9-10,15,18,28H,8,11H2,(H,26,27). The zero-order valence-corrected chi connectivity index (χ0v) is 17.0. The molecular weight excluding hydrogens is 467 g/mol. The molecule has 2 heterocycles. The number of aliphatic hydroxyl groups is 1. The van der Waals surface area contributed by atoms with E-state index in [4.69, 9.17) is 4.74 Å². The van der Waals surface area contributed by atoms with Crippen molar-refractivity contribution < 1.29 is 27.8 Å². The fourth-order valence-electron chi connectivity index (χ4n) is 2.87. The van der Waals surface area contributed by atoms with Crippen molar-refractivity contribution in [2.75, 3.05) is 0 Å². The van der Waals surface area contributed by atoms with E-state index in [9.17, 15) is 23.1 Å². The first-order valence-electron chi connectivity index (χ1n) is 8.84. The second-order valence-electron chi connectivity index (χ2n) is 6.54. The Labute approximate surface area is 178 Å². The first kappa shape index (κ1) is 22.0. The van der Waals surface area contributed by atoms with E-state index in [0.29, 0.717) is 15.7 Å². The number of ether oxygens (including phenoxy) is 1. The third-order valence-electron chi connectivity index (χ3n) is 4.43. The summed E-state index contributed by atoms with van der Waals surface area (Å²) in [5.74, 6) is -1.79. The summed E-state index contributed by atoms with van der Waals surface area (Å²) in [5.41, 5.74) is 0.341. The fraction of sp³-hybridized carbons (Fsp3) is 0.250. The number of rotatable bonds is 7. The molecule has 1 aromatic carbocycles. The number of pyridine rings is 1. The maximum atomic E-state index is 12.9. The predicted molar refractivity (Wildman–Crippen MR) is 104 cm³/mol. The smallest absolute Gasteiger partial charge is 0.416 e. The number of alkyl halides is 3. The minimum absolute atomic E-state index is 0.0675. The molecule has 0 aliphatic carbocycles. The third kappa shape index (κ3) is 5.45. The monoisotopic (exact) mass is 483 g/mol. The molecule has 0 radical (unpaired) electrons. The molecule has 10 heteroatoms. The number of benzene rings is 1. The van der Waals surface area contributed by atoms with Gasteiger partial charge in [-0.1, -0.05) is 18.2 Å². The van der Waals surface area contributed by atoms with E-state index < -0.39 is 29.7 Å². The van der Waals surface area contributed by atoms with Gasteiger partial charge in [0.2, 0.25) is 0 Å². The van der Waals surface area contributed by atoms with Gasteiger partial charge in [-0.05, 0) is 45.3 Å². The number of aromatic nitrogens is 3. The van der Waals surface area contributed by atoms with Gasteiger partial charge < -0.3 is 9.84 Å². The highest BCUT2D eigenvalue weighted by atomic mass is 79.9. The molecule has 30 heavy (non-hydrogen) atoms. The van der Waals surface area contributed by atoms with Crippen LogP contribution in [0.2, 0.25) is 0 Å². The first-order chi connectivity index (χ1) is 14.3. The lowest BCUT2D eigenvalue weighted by Crippen LogP contribution is -2.27. The number of halogens is 4. The number of nitrogens with zero attached hydrogens (tertiary/aromatic N) is 2. The van der Waals surface area contributed by atoms with Gasteiger partial charge in [0.1, 0.15) is 6.61 Å². The molecular formula is C20H17BrF3N3O3. The average Bonchev–Trinajstić information content (AvgIpc) is 3.14. The highest BCUT2D eigenvalue weighted by molar-refractivity contribution is 9.10. The molecule has 3 aromatic rings. The number of hydrogen-bond acceptors (Lipinski definition) is 5. The lowest BCUT2D eigenvalue weighted by Gasteiger charge is -2.21. The summed E-state index contributed by atoms with van der Waals surface area (Å²) < 4.78 is 44.5. The molecule has 0 amide bonds. The molecule has 2 atom stereocenters. The minimum Gasteiger partial charge on any atom is -0.461 e. The van der Waals surface area contributed by atoms with E-state index in [1.165, 1.54) is 30.7 Å². The lowest BCUT2D eigenvalue weighted by atomic mass is 9.92. The fourth-order valence-corrected chi connectivity index (χ4v) is 3.22. The van der Waals surface area contributed by atoms with Crippen LogP contribution in [0, 0.1) is 5.92 Å². The van der Waals surface area contributed by atoms with Crippen molar-refractivity contribution in [2.45, 2.75) is 25.3 Å². The van der Waals surface area contributed by atoms with Gasteiger partial charge in [-0.25, -0.2) is 0 Å². The summed E-state index contributed by atoms with van der Waals surface area (Å²) in [6, 6.07) is 7.78. The van der Waals surface area contributed by atoms with Gasteiger partial charge in [0.05, 0.1) is 33.9 Å². The number of carbonyl (C=O) groups is 1. The summed E-state index contributed by atoms with van der Waals surface area (Å²) in [6.07, 6.45) is -1.19. The second-order valence-corrected chi connectivity index (χ2v) is 7.40. The van der Waals surface area contributed by atoms with Crippen molar-refractivity contribution in [1.29, 1.82) is 0 Å². The van der Waals surface area contributed by atoms with Gasteiger partial charge >= 0.3 is 12.1 Å². The molecule has 6 nitrogen and oxygen atoms in total. The van der Waals surface area contributed by atoms with Crippen LogP contribution >= 0.6 is 15.9 Å². The number of esters is 1. The Bertz CT molecular complexity index is 995. The van der Waals surface area contributed by atoms with Crippen LogP contribution in [0.1, 0.15) is 28.5 Å². The molecule has 2 aromatic heterocycles. The van der Waals surface area contributed by atoms with Crippen molar-refractivity contribution in [3.05, 3.63) is 81.8 Å². The van der Waals surface area contributed by atoms with Gasteiger partial charge in [0, 0.05) is 18.8 Å². The van der Waals surface area contributed by atoms with E-state index in [1.807, 2.05) is 0 Å². The molecule has 0 spiro atoms. The first-order valence-corrected chi connectivity index (χ1v) is 9.63. The Hall–Kier alpha value is -2.72. The minimum atomic E-state index is -4.49. The summed E-state index contributed by atoms with van der Waals surface area (Å²) in [4.78, 5) is 16.7. The number of aliphatic hydroxyl groups excluding tert-OH is 1.